The molecule has 0 heterocycles. The molecule has 0 saturated heterocycles. The molecule has 0 aromatic carbocycles. The molecule has 1 aliphatic carbocycles. The molecule has 1 saturated carbocycles. The zero-order chi connectivity index (χ0) is 9.35. The fraction of sp³-hybridized carbons (Fsp3) is 0.750. The standard InChI is InChI=1S/C8H12FNO2/c1-3-6-4-8(6,5(2)11)10-7(9)12/h6H,3-4H2,1-2H3,(H,10,12)/t6-,8?/m1/s1. The molecule has 0 bridgehead atoms. The van der Waals surface area contributed by atoms with Crippen molar-refractivity contribution in [2.24, 2.45) is 5.92 Å². The van der Waals surface area contributed by atoms with E-state index in [0.29, 0.717) is 6.42 Å². The first-order chi connectivity index (χ1) is 5.53. The molecule has 1 unspecified atom stereocenters. The molecule has 0 aromatic heterocycles. The monoisotopic (exact) mass is 173 g/mol. The molecule has 0 radical (unpaired) electrons. The second-order valence-corrected chi connectivity index (χ2v) is 3.24. The van der Waals surface area contributed by atoms with E-state index in [4.69, 9.17) is 0 Å². The Bertz CT molecular complexity index is 229. The number of hydrogen-bond acceptors (Lipinski definition) is 2. The molecular formula is C8H12FNO2. The summed E-state index contributed by atoms with van der Waals surface area (Å²) in [6.45, 7) is 3.30. The third-order valence-corrected chi connectivity index (χ3v) is 2.55. The number of rotatable bonds is 3. The van der Waals surface area contributed by atoms with Gasteiger partial charge in [-0.25, -0.2) is 4.79 Å². The van der Waals surface area contributed by atoms with E-state index in [1.54, 1.807) is 0 Å². The summed E-state index contributed by atoms with van der Waals surface area (Å²) in [4.78, 5) is 21.2. The fourth-order valence-corrected chi connectivity index (χ4v) is 1.67. The van der Waals surface area contributed by atoms with Crippen LogP contribution in [0.2, 0.25) is 0 Å². The summed E-state index contributed by atoms with van der Waals surface area (Å²) in [5.41, 5.74) is -0.874. The van der Waals surface area contributed by atoms with Crippen LogP contribution < -0.4 is 5.32 Å². The maximum absolute atomic E-state index is 12.0. The van der Waals surface area contributed by atoms with Crippen LogP contribution in [-0.4, -0.2) is 17.5 Å². The number of carbonyl (C=O) groups is 2. The number of amides is 1. The molecule has 2 atom stereocenters. The van der Waals surface area contributed by atoms with Crippen molar-refractivity contribution >= 4 is 11.9 Å². The lowest BCUT2D eigenvalue weighted by Crippen LogP contribution is -2.41. The minimum Gasteiger partial charge on any atom is -0.315 e. The summed E-state index contributed by atoms with van der Waals surface area (Å²) >= 11 is 0. The molecule has 0 spiro atoms. The molecule has 3 nitrogen and oxygen atoms in total. The Labute approximate surface area is 70.3 Å². The van der Waals surface area contributed by atoms with Crippen LogP contribution in [0.15, 0.2) is 0 Å². The van der Waals surface area contributed by atoms with Gasteiger partial charge in [-0.2, -0.15) is 0 Å². The molecule has 0 aliphatic heterocycles. The van der Waals surface area contributed by atoms with Gasteiger partial charge in [-0.1, -0.05) is 13.3 Å². The second kappa shape index (κ2) is 2.84. The second-order valence-electron chi connectivity index (χ2n) is 3.24. The highest BCUT2D eigenvalue weighted by Crippen LogP contribution is 2.46. The Morgan fingerprint density at radius 2 is 2.25 bits per heavy atom. The van der Waals surface area contributed by atoms with Crippen molar-refractivity contribution in [2.45, 2.75) is 32.2 Å². The van der Waals surface area contributed by atoms with Crippen LogP contribution in [0.25, 0.3) is 0 Å². The van der Waals surface area contributed by atoms with Crippen LogP contribution >= 0.6 is 0 Å². The van der Waals surface area contributed by atoms with E-state index < -0.39 is 11.7 Å². The zero-order valence-corrected chi connectivity index (χ0v) is 7.19. The molecule has 1 fully saturated rings. The summed E-state index contributed by atoms with van der Waals surface area (Å²) in [5, 5.41) is 2.08. The van der Waals surface area contributed by atoms with Crippen molar-refractivity contribution < 1.29 is 14.0 Å². The first-order valence-electron chi connectivity index (χ1n) is 4.01. The van der Waals surface area contributed by atoms with Crippen molar-refractivity contribution in [3.8, 4) is 0 Å². The number of nitrogens with one attached hydrogen (secondary N) is 1. The van der Waals surface area contributed by atoms with Gasteiger partial charge in [-0.15, -0.1) is 4.39 Å². The number of ketones is 1. The van der Waals surface area contributed by atoms with Gasteiger partial charge < -0.3 is 5.32 Å². The van der Waals surface area contributed by atoms with Crippen molar-refractivity contribution in [2.75, 3.05) is 0 Å². The molecule has 1 rings (SSSR count). The Hall–Kier alpha value is -0.930. The van der Waals surface area contributed by atoms with Gasteiger partial charge in [0.15, 0.2) is 5.78 Å². The summed E-state index contributed by atoms with van der Waals surface area (Å²) in [6, 6.07) is 0. The Balaban J connectivity index is 2.65. The average Bonchev–Trinajstić information content (AvgIpc) is 2.62. The number of carbonyl (C=O) groups excluding carboxylic acids is 2. The van der Waals surface area contributed by atoms with Crippen LogP contribution in [0.3, 0.4) is 0 Å². The summed E-state index contributed by atoms with van der Waals surface area (Å²) in [7, 11) is 0. The van der Waals surface area contributed by atoms with Gasteiger partial charge in [-0.3, -0.25) is 4.79 Å². The van der Waals surface area contributed by atoms with E-state index in [1.807, 2.05) is 6.92 Å². The topological polar surface area (TPSA) is 46.2 Å². The van der Waals surface area contributed by atoms with Crippen LogP contribution in [0.1, 0.15) is 26.7 Å². The lowest BCUT2D eigenvalue weighted by atomic mass is 10.1. The first-order valence-corrected chi connectivity index (χ1v) is 4.01. The summed E-state index contributed by atoms with van der Waals surface area (Å²) < 4.78 is 12.0. The molecule has 12 heavy (non-hydrogen) atoms. The van der Waals surface area contributed by atoms with Gasteiger partial charge in [0.25, 0.3) is 0 Å². The van der Waals surface area contributed by atoms with Crippen molar-refractivity contribution in [3.63, 3.8) is 0 Å². The van der Waals surface area contributed by atoms with Gasteiger partial charge in [0.05, 0.1) is 0 Å². The van der Waals surface area contributed by atoms with Crippen LogP contribution in [-0.2, 0) is 4.79 Å². The molecule has 68 valence electrons. The Kier molecular flexibility index (Phi) is 2.17. The van der Waals surface area contributed by atoms with Crippen LogP contribution in [0, 0.1) is 5.92 Å². The Morgan fingerprint density at radius 1 is 1.67 bits per heavy atom. The maximum Gasteiger partial charge on any atom is 0.398 e. The predicted molar refractivity (Wildman–Crippen MR) is 41.4 cm³/mol. The highest BCUT2D eigenvalue weighted by atomic mass is 19.1. The maximum atomic E-state index is 12.0. The van der Waals surface area contributed by atoms with Gasteiger partial charge >= 0.3 is 6.16 Å². The summed E-state index contributed by atoms with van der Waals surface area (Å²) in [5.74, 6) is -0.0324. The van der Waals surface area contributed by atoms with Gasteiger partial charge in [0, 0.05) is 0 Å². The van der Waals surface area contributed by atoms with E-state index in [-0.39, 0.29) is 11.7 Å². The largest absolute Gasteiger partial charge is 0.398 e. The quantitative estimate of drug-likeness (QED) is 0.518. The fourth-order valence-electron chi connectivity index (χ4n) is 1.67. The van der Waals surface area contributed by atoms with E-state index in [0.717, 1.165) is 6.42 Å². The molecule has 0 aromatic rings. The van der Waals surface area contributed by atoms with E-state index in [2.05, 4.69) is 5.32 Å². The average molecular weight is 173 g/mol. The first kappa shape index (κ1) is 9.16. The lowest BCUT2D eigenvalue weighted by Gasteiger charge is -2.12. The SMILES string of the molecule is CC[C@@H]1CC1(NC(=O)F)C(C)=O. The summed E-state index contributed by atoms with van der Waals surface area (Å²) in [6.07, 6.45) is -0.241. The minimum absolute atomic E-state index is 0.120. The van der Waals surface area contributed by atoms with Crippen molar-refractivity contribution in [1.29, 1.82) is 0 Å². The van der Waals surface area contributed by atoms with E-state index in [1.165, 1.54) is 6.92 Å². The van der Waals surface area contributed by atoms with Gasteiger partial charge in [0.1, 0.15) is 5.54 Å². The zero-order valence-electron chi connectivity index (χ0n) is 7.19. The third kappa shape index (κ3) is 1.33. The van der Waals surface area contributed by atoms with Crippen LogP contribution in [0.4, 0.5) is 9.18 Å². The van der Waals surface area contributed by atoms with Gasteiger partial charge in [0.2, 0.25) is 0 Å². The van der Waals surface area contributed by atoms with Crippen molar-refractivity contribution in [3.05, 3.63) is 0 Å². The van der Waals surface area contributed by atoms with Crippen LogP contribution in [0.5, 0.6) is 0 Å². The molecule has 1 N–H and O–H groups in total. The number of hydrogen-bond donors (Lipinski definition) is 1. The van der Waals surface area contributed by atoms with Crippen molar-refractivity contribution in [1.82, 2.24) is 5.32 Å². The highest BCUT2D eigenvalue weighted by Gasteiger charge is 2.58. The number of Topliss-reactive ketones (excluding diaryl/α,β-unsaturated/α-hetero) is 1. The number of halogens is 1. The third-order valence-electron chi connectivity index (χ3n) is 2.55. The smallest absolute Gasteiger partial charge is 0.315 e. The molecule has 4 heteroatoms. The minimum atomic E-state index is -1.61. The van der Waals surface area contributed by atoms with E-state index in [9.17, 15) is 14.0 Å². The molecular weight excluding hydrogens is 161 g/mol. The molecule has 1 aliphatic rings. The lowest BCUT2D eigenvalue weighted by molar-refractivity contribution is -0.120. The van der Waals surface area contributed by atoms with E-state index >= 15 is 0 Å². The predicted octanol–water partition coefficient (Wildman–Crippen LogP) is 1.42. The Morgan fingerprint density at radius 3 is 2.50 bits per heavy atom. The highest BCUT2D eigenvalue weighted by molar-refractivity contribution is 5.93. The normalized spacial score (nSPS) is 32.8. The molecule has 1 amide bonds. The van der Waals surface area contributed by atoms with Gasteiger partial charge in [-0.05, 0) is 19.3 Å².